The van der Waals surface area contributed by atoms with Crippen molar-refractivity contribution in [2.75, 3.05) is 0 Å². The topological polar surface area (TPSA) is 59.4 Å². The van der Waals surface area contributed by atoms with Gasteiger partial charge in [-0.3, -0.25) is 0 Å². The van der Waals surface area contributed by atoms with E-state index >= 15 is 0 Å². The van der Waals surface area contributed by atoms with Gasteiger partial charge < -0.3 is 4.98 Å². The monoisotopic (exact) mass is 257 g/mol. The zero-order valence-corrected chi connectivity index (χ0v) is 10.8. The molecular weight excluding hydrogens is 246 g/mol. The summed E-state index contributed by atoms with van der Waals surface area (Å²) in [4.78, 5) is 7.04. The smallest absolute Gasteiger partial charge is 0.167 e. The third-order valence-corrected chi connectivity index (χ3v) is 3.15. The lowest BCUT2D eigenvalue weighted by atomic mass is 10.1. The van der Waals surface area contributed by atoms with Crippen molar-refractivity contribution < 1.29 is 0 Å². The number of aromatic amines is 1. The molecule has 0 aliphatic carbocycles. The lowest BCUT2D eigenvalue weighted by Gasteiger charge is -2.06. The van der Waals surface area contributed by atoms with Crippen LogP contribution >= 0.6 is 12.2 Å². The van der Waals surface area contributed by atoms with E-state index in [1.54, 1.807) is 11.0 Å². The molecule has 0 amide bonds. The lowest BCUT2D eigenvalue weighted by Crippen LogP contribution is -2.01. The van der Waals surface area contributed by atoms with E-state index in [0.29, 0.717) is 10.2 Å². The Bertz CT molecular complexity index is 787. The summed E-state index contributed by atoms with van der Waals surface area (Å²) in [6, 6.07) is 6.20. The molecule has 3 aromatic rings. The van der Waals surface area contributed by atoms with Crippen molar-refractivity contribution >= 4 is 23.4 Å². The molecule has 0 saturated heterocycles. The molecule has 0 aliphatic heterocycles. The Balaban J connectivity index is 2.36. The highest BCUT2D eigenvalue weighted by atomic mass is 32.1. The first kappa shape index (κ1) is 11.0. The first-order valence-electron chi connectivity index (χ1n) is 5.53. The van der Waals surface area contributed by atoms with Gasteiger partial charge in [0.25, 0.3) is 0 Å². The fraction of sp³-hybridized carbons (Fsp3) is 0.167. The Kier molecular flexibility index (Phi) is 2.45. The summed E-state index contributed by atoms with van der Waals surface area (Å²) < 4.78 is 2.22. The van der Waals surface area contributed by atoms with E-state index in [0.717, 1.165) is 16.9 Å². The number of nitrogens with one attached hydrogen (secondary N) is 1. The van der Waals surface area contributed by atoms with Crippen molar-refractivity contribution in [3.05, 3.63) is 40.3 Å². The molecule has 2 heterocycles. The minimum absolute atomic E-state index is 0.459. The van der Waals surface area contributed by atoms with Crippen molar-refractivity contribution in [2.24, 2.45) is 0 Å². The molecule has 0 unspecified atom stereocenters. The summed E-state index contributed by atoms with van der Waals surface area (Å²) in [5.41, 5.74) is 4.68. The third kappa shape index (κ3) is 1.62. The minimum atomic E-state index is 0.459. The normalized spacial score (nSPS) is 11.0. The Labute approximate surface area is 108 Å². The Morgan fingerprint density at radius 1 is 1.28 bits per heavy atom. The summed E-state index contributed by atoms with van der Waals surface area (Å²) in [6.45, 7) is 4.09. The molecule has 0 atom stereocenters. The minimum Gasteiger partial charge on any atom is -0.329 e. The average molecular weight is 257 g/mol. The van der Waals surface area contributed by atoms with Crippen LogP contribution in [0.3, 0.4) is 0 Å². The molecular formula is C12H11N5S. The molecule has 0 fully saturated rings. The number of hydrogen-bond acceptors (Lipinski definition) is 4. The summed E-state index contributed by atoms with van der Waals surface area (Å²) in [7, 11) is 0. The van der Waals surface area contributed by atoms with Gasteiger partial charge in [0.1, 0.15) is 0 Å². The standard InChI is InChI=1S/C12H11N5S/c1-7-3-4-8(2)9(5-7)17-11-10(15-16-17)12(18)14-6-13-11/h3-6H,1-2H3,(H,13,14,18). The van der Waals surface area contributed by atoms with Crippen molar-refractivity contribution in [2.45, 2.75) is 13.8 Å². The van der Waals surface area contributed by atoms with E-state index in [2.05, 4.69) is 38.5 Å². The van der Waals surface area contributed by atoms with E-state index in [-0.39, 0.29) is 0 Å². The third-order valence-electron chi connectivity index (χ3n) is 2.85. The first-order chi connectivity index (χ1) is 8.66. The molecule has 3 rings (SSSR count). The lowest BCUT2D eigenvalue weighted by molar-refractivity contribution is 0.811. The fourth-order valence-electron chi connectivity index (χ4n) is 1.88. The Hall–Kier alpha value is -2.08. The molecule has 0 spiro atoms. The molecule has 0 aliphatic rings. The molecule has 6 heteroatoms. The molecule has 18 heavy (non-hydrogen) atoms. The number of H-pyrrole nitrogens is 1. The molecule has 90 valence electrons. The maximum absolute atomic E-state index is 5.13. The van der Waals surface area contributed by atoms with Gasteiger partial charge in [0, 0.05) is 0 Å². The number of fused-ring (bicyclic) bond motifs is 1. The maximum atomic E-state index is 5.13. The average Bonchev–Trinajstić information content (AvgIpc) is 2.77. The van der Waals surface area contributed by atoms with Crippen LogP contribution in [0.4, 0.5) is 0 Å². The van der Waals surface area contributed by atoms with Crippen molar-refractivity contribution in [3.8, 4) is 5.69 Å². The van der Waals surface area contributed by atoms with Crippen LogP contribution in [-0.4, -0.2) is 25.0 Å². The van der Waals surface area contributed by atoms with E-state index in [1.807, 2.05) is 13.8 Å². The van der Waals surface area contributed by atoms with E-state index < -0.39 is 0 Å². The molecule has 0 bridgehead atoms. The van der Waals surface area contributed by atoms with E-state index in [9.17, 15) is 0 Å². The number of nitrogens with zero attached hydrogens (tertiary/aromatic N) is 4. The van der Waals surface area contributed by atoms with Gasteiger partial charge in [0.05, 0.1) is 12.0 Å². The van der Waals surface area contributed by atoms with Gasteiger partial charge in [-0.05, 0) is 31.0 Å². The van der Waals surface area contributed by atoms with Crippen molar-refractivity contribution in [1.29, 1.82) is 0 Å². The van der Waals surface area contributed by atoms with Crippen LogP contribution in [0.2, 0.25) is 0 Å². The Morgan fingerprint density at radius 2 is 2.11 bits per heavy atom. The van der Waals surface area contributed by atoms with Crippen LogP contribution < -0.4 is 0 Å². The molecule has 1 N–H and O–H groups in total. The molecule has 0 saturated carbocycles. The van der Waals surface area contributed by atoms with Gasteiger partial charge in [-0.1, -0.05) is 29.6 Å². The molecule has 1 aromatic carbocycles. The summed E-state index contributed by atoms with van der Waals surface area (Å²) in [5, 5.41) is 8.24. The SMILES string of the molecule is Cc1ccc(C)c(-n2nnc3c(=S)nc[nH]c32)c1. The zero-order valence-electron chi connectivity index (χ0n) is 10.0. The highest BCUT2D eigenvalue weighted by Gasteiger charge is 2.10. The van der Waals surface area contributed by atoms with Crippen LogP contribution in [-0.2, 0) is 0 Å². The van der Waals surface area contributed by atoms with Crippen LogP contribution in [0.1, 0.15) is 11.1 Å². The quantitative estimate of drug-likeness (QED) is 0.680. The van der Waals surface area contributed by atoms with Crippen molar-refractivity contribution in [3.63, 3.8) is 0 Å². The molecule has 2 aromatic heterocycles. The highest BCUT2D eigenvalue weighted by Crippen LogP contribution is 2.18. The van der Waals surface area contributed by atoms with Crippen LogP contribution in [0.5, 0.6) is 0 Å². The first-order valence-corrected chi connectivity index (χ1v) is 5.94. The van der Waals surface area contributed by atoms with E-state index in [4.69, 9.17) is 12.2 Å². The summed E-state index contributed by atoms with van der Waals surface area (Å²) >= 11 is 5.13. The second kappa shape index (κ2) is 3.99. The molecule has 0 radical (unpaired) electrons. The van der Waals surface area contributed by atoms with Crippen LogP contribution in [0, 0.1) is 18.5 Å². The van der Waals surface area contributed by atoms with Gasteiger partial charge in [0.15, 0.2) is 15.8 Å². The molecule has 5 nitrogen and oxygen atoms in total. The highest BCUT2D eigenvalue weighted by molar-refractivity contribution is 7.71. The zero-order chi connectivity index (χ0) is 12.7. The van der Waals surface area contributed by atoms with Crippen molar-refractivity contribution in [1.82, 2.24) is 25.0 Å². The summed E-state index contributed by atoms with van der Waals surface area (Å²) in [6.07, 6.45) is 1.57. The predicted octanol–water partition coefficient (Wildman–Crippen LogP) is 2.49. The fourth-order valence-corrected chi connectivity index (χ4v) is 2.08. The van der Waals surface area contributed by atoms with Crippen LogP contribution in [0.15, 0.2) is 24.5 Å². The number of rotatable bonds is 1. The number of aromatic nitrogens is 5. The number of hydrogen-bond donors (Lipinski definition) is 1. The van der Waals surface area contributed by atoms with E-state index in [1.165, 1.54) is 5.56 Å². The number of aryl methyl sites for hydroxylation is 2. The van der Waals surface area contributed by atoms with Gasteiger partial charge in [0.2, 0.25) is 0 Å². The van der Waals surface area contributed by atoms with Gasteiger partial charge >= 0.3 is 0 Å². The van der Waals surface area contributed by atoms with Gasteiger partial charge in [-0.25, -0.2) is 4.98 Å². The largest absolute Gasteiger partial charge is 0.329 e. The van der Waals surface area contributed by atoms with Gasteiger partial charge in [-0.15, -0.1) is 5.10 Å². The van der Waals surface area contributed by atoms with Crippen LogP contribution in [0.25, 0.3) is 16.9 Å². The second-order valence-electron chi connectivity index (χ2n) is 4.20. The van der Waals surface area contributed by atoms with Gasteiger partial charge in [-0.2, -0.15) is 4.68 Å². The Morgan fingerprint density at radius 3 is 2.94 bits per heavy atom. The predicted molar refractivity (Wildman–Crippen MR) is 71.3 cm³/mol. The maximum Gasteiger partial charge on any atom is 0.167 e. The second-order valence-corrected chi connectivity index (χ2v) is 4.58. The number of benzene rings is 1. The summed E-state index contributed by atoms with van der Waals surface area (Å²) in [5.74, 6) is 0.